The Labute approximate surface area is 246 Å². The fourth-order valence-corrected chi connectivity index (χ4v) is 5.72. The molecule has 218 valence electrons. The van der Waals surface area contributed by atoms with Crippen molar-refractivity contribution in [2.24, 2.45) is 0 Å². The number of carboxylic acids is 2. The van der Waals surface area contributed by atoms with Gasteiger partial charge >= 0.3 is 11.9 Å². The molecule has 5 rings (SSSR count). The van der Waals surface area contributed by atoms with Crippen LogP contribution < -0.4 is 4.90 Å². The van der Waals surface area contributed by atoms with E-state index in [2.05, 4.69) is 9.97 Å². The maximum atomic E-state index is 14.2. The number of aromatic carboxylic acids is 1. The molecule has 2 N–H and O–H groups in total. The second kappa shape index (κ2) is 10.7. The van der Waals surface area contributed by atoms with Crippen molar-refractivity contribution in [2.45, 2.75) is 39.8 Å². The maximum Gasteiger partial charge on any atom is 0.337 e. The van der Waals surface area contributed by atoms with Crippen molar-refractivity contribution in [3.05, 3.63) is 75.9 Å². The predicted octanol–water partition coefficient (Wildman–Crippen LogP) is 5.03. The van der Waals surface area contributed by atoms with Gasteiger partial charge in [0.15, 0.2) is 0 Å². The Balaban J connectivity index is 1.46. The number of carbonyl (C=O) groups excluding carboxylic acids is 1. The van der Waals surface area contributed by atoms with Gasteiger partial charge in [-0.05, 0) is 69.2 Å². The number of hydrogen-bond donors (Lipinski definition) is 2. The molecular weight excluding hydrogens is 565 g/mol. The van der Waals surface area contributed by atoms with E-state index >= 15 is 0 Å². The summed E-state index contributed by atoms with van der Waals surface area (Å²) in [5.41, 5.74) is 2.09. The van der Waals surface area contributed by atoms with Crippen LogP contribution in [-0.4, -0.2) is 72.7 Å². The number of carbonyl (C=O) groups is 3. The fraction of sp³-hybridized carbons (Fsp3) is 0.300. The van der Waals surface area contributed by atoms with Gasteiger partial charge in [0.25, 0.3) is 5.91 Å². The van der Waals surface area contributed by atoms with Gasteiger partial charge in [0.2, 0.25) is 0 Å². The van der Waals surface area contributed by atoms with Crippen molar-refractivity contribution in [3.8, 4) is 11.1 Å². The van der Waals surface area contributed by atoms with Gasteiger partial charge in [-0.3, -0.25) is 9.59 Å². The van der Waals surface area contributed by atoms with Gasteiger partial charge in [-0.25, -0.2) is 19.2 Å². The minimum Gasteiger partial charge on any atom is -0.480 e. The summed E-state index contributed by atoms with van der Waals surface area (Å²) >= 11 is 5.85. The summed E-state index contributed by atoms with van der Waals surface area (Å²) in [6, 6.07) is 9.37. The summed E-state index contributed by atoms with van der Waals surface area (Å²) in [6.45, 7) is 8.15. The number of rotatable bonds is 6. The molecule has 1 amide bonds. The Bertz CT molecular complexity index is 1750. The molecular formula is C30H29ClFN5O5. The van der Waals surface area contributed by atoms with Gasteiger partial charge in [0.1, 0.15) is 29.5 Å². The Morgan fingerprint density at radius 1 is 1.05 bits per heavy atom. The van der Waals surface area contributed by atoms with Crippen LogP contribution in [0.4, 0.5) is 10.2 Å². The van der Waals surface area contributed by atoms with Crippen LogP contribution >= 0.6 is 11.6 Å². The SMILES string of the molecule is Cc1cc(N2CCN(C(=O)c3ccc4c(-c5ccc(Cl)c(F)c5)cn(CC(=O)O)c4n3)C(C)(C)C2)nc(C)c1C(=O)O. The number of carboxylic acid groups (broad SMARTS) is 2. The molecule has 42 heavy (non-hydrogen) atoms. The second-order valence-electron chi connectivity index (χ2n) is 11.0. The van der Waals surface area contributed by atoms with Crippen molar-refractivity contribution in [3.63, 3.8) is 0 Å². The average Bonchev–Trinajstić information content (AvgIpc) is 3.25. The summed E-state index contributed by atoms with van der Waals surface area (Å²) in [5, 5.41) is 19.5. The monoisotopic (exact) mass is 593 g/mol. The minimum absolute atomic E-state index is 0.0277. The molecule has 1 aromatic carbocycles. The summed E-state index contributed by atoms with van der Waals surface area (Å²) in [4.78, 5) is 49.9. The van der Waals surface area contributed by atoms with Crippen LogP contribution in [0.1, 0.15) is 46.0 Å². The quantitative estimate of drug-likeness (QED) is 0.318. The van der Waals surface area contributed by atoms with Crippen LogP contribution in [0.3, 0.4) is 0 Å². The molecule has 1 aliphatic heterocycles. The van der Waals surface area contributed by atoms with E-state index in [9.17, 15) is 29.0 Å². The smallest absolute Gasteiger partial charge is 0.337 e. The number of aliphatic carboxylic acids is 1. The highest BCUT2D eigenvalue weighted by Gasteiger charge is 2.38. The molecule has 12 heteroatoms. The highest BCUT2D eigenvalue weighted by atomic mass is 35.5. The van der Waals surface area contributed by atoms with Crippen molar-refractivity contribution in [1.29, 1.82) is 0 Å². The topological polar surface area (TPSA) is 129 Å². The van der Waals surface area contributed by atoms with Crippen LogP contribution in [0, 0.1) is 19.7 Å². The number of piperazine rings is 1. The molecule has 1 saturated heterocycles. The molecule has 1 fully saturated rings. The van der Waals surface area contributed by atoms with E-state index in [0.29, 0.717) is 58.9 Å². The number of aromatic nitrogens is 3. The molecule has 0 radical (unpaired) electrons. The number of hydrogen-bond acceptors (Lipinski definition) is 6. The first-order valence-electron chi connectivity index (χ1n) is 13.2. The summed E-state index contributed by atoms with van der Waals surface area (Å²) in [6.07, 6.45) is 1.58. The Morgan fingerprint density at radius 2 is 1.79 bits per heavy atom. The first-order chi connectivity index (χ1) is 19.8. The van der Waals surface area contributed by atoms with E-state index in [1.807, 2.05) is 18.7 Å². The predicted molar refractivity (Wildman–Crippen MR) is 156 cm³/mol. The number of benzene rings is 1. The lowest BCUT2D eigenvalue weighted by Gasteiger charge is -2.47. The Morgan fingerprint density at radius 3 is 2.40 bits per heavy atom. The molecule has 0 spiro atoms. The first-order valence-corrected chi connectivity index (χ1v) is 13.6. The van der Waals surface area contributed by atoms with E-state index < -0.39 is 29.8 Å². The van der Waals surface area contributed by atoms with Crippen molar-refractivity contribution >= 4 is 46.3 Å². The Hall–Kier alpha value is -4.51. The van der Waals surface area contributed by atoms with E-state index in [-0.39, 0.29) is 22.2 Å². The normalized spacial score (nSPS) is 14.8. The lowest BCUT2D eigenvalue weighted by Crippen LogP contribution is -2.61. The highest BCUT2D eigenvalue weighted by Crippen LogP contribution is 2.33. The number of fused-ring (bicyclic) bond motifs is 1. The van der Waals surface area contributed by atoms with Gasteiger partial charge in [-0.2, -0.15) is 0 Å². The number of halogens is 2. The number of amides is 1. The zero-order valence-corrected chi connectivity index (χ0v) is 24.2. The van der Waals surface area contributed by atoms with E-state index in [1.54, 1.807) is 49.2 Å². The molecule has 0 saturated carbocycles. The van der Waals surface area contributed by atoms with E-state index in [1.165, 1.54) is 16.7 Å². The number of aryl methyl sites for hydroxylation is 2. The van der Waals surface area contributed by atoms with E-state index in [0.717, 1.165) is 0 Å². The van der Waals surface area contributed by atoms with Gasteiger partial charge in [0.05, 0.1) is 21.8 Å². The van der Waals surface area contributed by atoms with Gasteiger partial charge in [0, 0.05) is 36.8 Å². The molecule has 3 aromatic heterocycles. The van der Waals surface area contributed by atoms with Crippen molar-refractivity contribution in [2.75, 3.05) is 24.5 Å². The molecule has 0 atom stereocenters. The second-order valence-corrected chi connectivity index (χ2v) is 11.4. The van der Waals surface area contributed by atoms with Crippen LogP contribution in [0.5, 0.6) is 0 Å². The zero-order chi connectivity index (χ0) is 30.5. The molecule has 4 heterocycles. The molecule has 10 nitrogen and oxygen atoms in total. The number of nitrogens with zero attached hydrogens (tertiary/aromatic N) is 5. The zero-order valence-electron chi connectivity index (χ0n) is 23.5. The van der Waals surface area contributed by atoms with Crippen LogP contribution in [0.25, 0.3) is 22.2 Å². The highest BCUT2D eigenvalue weighted by molar-refractivity contribution is 6.30. The van der Waals surface area contributed by atoms with Gasteiger partial charge < -0.3 is 24.6 Å². The molecule has 0 bridgehead atoms. The lowest BCUT2D eigenvalue weighted by atomic mass is 9.97. The first kappa shape index (κ1) is 29.0. The minimum atomic E-state index is -1.09. The standard InChI is InChI=1S/C30H29ClFN5O5/c1-16-11-24(33-17(2)26(16)29(41)42)35-9-10-37(30(3,4)15-35)28(40)23-8-6-19-20(18-5-7-21(31)22(32)12-18)13-36(14-25(38)39)27(19)34-23/h5-8,11-13H,9-10,14-15H2,1-4H3,(H,38,39)(H,41,42). The van der Waals surface area contributed by atoms with Gasteiger partial charge in [-0.15, -0.1) is 0 Å². The third-order valence-electron chi connectivity index (χ3n) is 7.55. The third kappa shape index (κ3) is 5.27. The van der Waals surface area contributed by atoms with Crippen LogP contribution in [0.15, 0.2) is 42.6 Å². The van der Waals surface area contributed by atoms with Crippen LogP contribution in [0.2, 0.25) is 5.02 Å². The molecule has 0 aliphatic carbocycles. The number of pyridine rings is 2. The summed E-state index contributed by atoms with van der Waals surface area (Å²) in [7, 11) is 0. The Kier molecular flexibility index (Phi) is 7.40. The maximum absolute atomic E-state index is 14.2. The average molecular weight is 594 g/mol. The third-order valence-corrected chi connectivity index (χ3v) is 7.85. The molecule has 1 aliphatic rings. The van der Waals surface area contributed by atoms with Gasteiger partial charge in [-0.1, -0.05) is 17.7 Å². The molecule has 0 unspecified atom stereocenters. The largest absolute Gasteiger partial charge is 0.480 e. The lowest BCUT2D eigenvalue weighted by molar-refractivity contribution is -0.137. The molecule has 4 aromatic rings. The van der Waals surface area contributed by atoms with E-state index in [4.69, 9.17) is 11.6 Å². The summed E-state index contributed by atoms with van der Waals surface area (Å²) < 4.78 is 15.7. The van der Waals surface area contributed by atoms with Crippen molar-refractivity contribution < 1.29 is 29.0 Å². The van der Waals surface area contributed by atoms with Crippen molar-refractivity contribution in [1.82, 2.24) is 19.4 Å². The number of anilines is 1. The fourth-order valence-electron chi connectivity index (χ4n) is 5.60. The summed E-state index contributed by atoms with van der Waals surface area (Å²) in [5.74, 6) is -2.39. The van der Waals surface area contributed by atoms with Crippen LogP contribution in [-0.2, 0) is 11.3 Å².